The van der Waals surface area contributed by atoms with E-state index in [-0.39, 0.29) is 0 Å². The summed E-state index contributed by atoms with van der Waals surface area (Å²) < 4.78 is 0. The predicted molar refractivity (Wildman–Crippen MR) is 91.1 cm³/mol. The molecule has 0 radical (unpaired) electrons. The summed E-state index contributed by atoms with van der Waals surface area (Å²) in [7, 11) is 2.06. The Kier molecular flexibility index (Phi) is 4.67. The van der Waals surface area contributed by atoms with Gasteiger partial charge in [0.05, 0.1) is 0 Å². The average Bonchev–Trinajstić information content (AvgIpc) is 2.92. The van der Waals surface area contributed by atoms with Gasteiger partial charge in [0.1, 0.15) is 0 Å². The molecule has 3 rings (SSSR count). The normalized spacial score (nSPS) is 17.0. The summed E-state index contributed by atoms with van der Waals surface area (Å²) in [6.45, 7) is 2.24. The number of benzene rings is 2. The molecular formula is C19H23NS. The highest BCUT2D eigenvalue weighted by Gasteiger charge is 2.21. The van der Waals surface area contributed by atoms with Gasteiger partial charge in [0.15, 0.2) is 0 Å². The first kappa shape index (κ1) is 14.7. The fraction of sp³-hybridized carbons (Fsp3) is 0.368. The Labute approximate surface area is 132 Å². The lowest BCUT2D eigenvalue weighted by atomic mass is 10.1. The highest BCUT2D eigenvalue weighted by molar-refractivity contribution is 7.99. The standard InChI is InChI=1S/C19H23NS/c1-3-6-14-7-4-5-8-19(14)21-16-10-11-17-15(13-16)9-12-18(17)20-2/h4-5,7-8,10-11,13,18,20H,3,6,9,12H2,1-2H3. The molecule has 2 aromatic rings. The van der Waals surface area contributed by atoms with Crippen LogP contribution in [0, 0.1) is 0 Å². The third-order valence-electron chi connectivity index (χ3n) is 4.26. The van der Waals surface area contributed by atoms with Gasteiger partial charge in [0.25, 0.3) is 0 Å². The molecule has 0 fully saturated rings. The first-order valence-electron chi connectivity index (χ1n) is 7.87. The molecule has 0 saturated heterocycles. The van der Waals surface area contributed by atoms with Gasteiger partial charge >= 0.3 is 0 Å². The monoisotopic (exact) mass is 297 g/mol. The molecule has 0 aliphatic heterocycles. The summed E-state index contributed by atoms with van der Waals surface area (Å²) in [6.07, 6.45) is 4.79. The Hall–Kier alpha value is -1.25. The summed E-state index contributed by atoms with van der Waals surface area (Å²) in [4.78, 5) is 2.77. The van der Waals surface area contributed by atoms with Crippen LogP contribution >= 0.6 is 11.8 Å². The minimum absolute atomic E-state index is 0.548. The average molecular weight is 297 g/mol. The number of fused-ring (bicyclic) bond motifs is 1. The summed E-state index contributed by atoms with van der Waals surface area (Å²) in [5, 5.41) is 3.41. The highest BCUT2D eigenvalue weighted by Crippen LogP contribution is 2.37. The van der Waals surface area contributed by atoms with Crippen molar-refractivity contribution in [2.75, 3.05) is 7.05 Å². The largest absolute Gasteiger partial charge is 0.313 e. The number of hydrogen-bond donors (Lipinski definition) is 1. The van der Waals surface area contributed by atoms with Crippen LogP contribution in [0.25, 0.3) is 0 Å². The van der Waals surface area contributed by atoms with Gasteiger partial charge in [-0.3, -0.25) is 0 Å². The van der Waals surface area contributed by atoms with Gasteiger partial charge in [-0.2, -0.15) is 0 Å². The lowest BCUT2D eigenvalue weighted by Gasteiger charge is -2.12. The van der Waals surface area contributed by atoms with E-state index in [1.54, 1.807) is 0 Å². The number of hydrogen-bond acceptors (Lipinski definition) is 2. The molecule has 0 amide bonds. The summed E-state index contributed by atoms with van der Waals surface area (Å²) in [6, 6.07) is 16.3. The SMILES string of the molecule is CCCc1ccccc1Sc1ccc2c(c1)CCC2NC. The van der Waals surface area contributed by atoms with Crippen molar-refractivity contribution in [1.29, 1.82) is 0 Å². The molecule has 2 heteroatoms. The van der Waals surface area contributed by atoms with Crippen LogP contribution in [0.2, 0.25) is 0 Å². The van der Waals surface area contributed by atoms with Crippen LogP contribution in [0.4, 0.5) is 0 Å². The highest BCUT2D eigenvalue weighted by atomic mass is 32.2. The number of aryl methyl sites for hydroxylation is 2. The zero-order valence-electron chi connectivity index (χ0n) is 12.9. The van der Waals surface area contributed by atoms with Crippen LogP contribution in [-0.2, 0) is 12.8 Å². The lowest BCUT2D eigenvalue weighted by molar-refractivity contribution is 0.590. The van der Waals surface area contributed by atoms with Crippen molar-refractivity contribution >= 4 is 11.8 Å². The van der Waals surface area contributed by atoms with Crippen LogP contribution in [0.15, 0.2) is 52.3 Å². The zero-order valence-corrected chi connectivity index (χ0v) is 13.7. The second-order valence-electron chi connectivity index (χ2n) is 5.70. The summed E-state index contributed by atoms with van der Waals surface area (Å²) in [5.74, 6) is 0. The third-order valence-corrected chi connectivity index (χ3v) is 5.37. The molecule has 1 aliphatic rings. The molecule has 1 aliphatic carbocycles. The van der Waals surface area contributed by atoms with E-state index in [0.29, 0.717) is 6.04 Å². The van der Waals surface area contributed by atoms with Crippen LogP contribution in [0.3, 0.4) is 0 Å². The third kappa shape index (κ3) is 3.17. The second-order valence-corrected chi connectivity index (χ2v) is 6.82. The van der Waals surface area contributed by atoms with Crippen molar-refractivity contribution in [2.45, 2.75) is 48.4 Å². The van der Waals surface area contributed by atoms with Crippen LogP contribution < -0.4 is 5.32 Å². The first-order valence-corrected chi connectivity index (χ1v) is 8.69. The van der Waals surface area contributed by atoms with E-state index in [1.165, 1.54) is 45.7 Å². The lowest BCUT2D eigenvalue weighted by Crippen LogP contribution is -2.12. The van der Waals surface area contributed by atoms with Gasteiger partial charge in [-0.15, -0.1) is 0 Å². The molecular weight excluding hydrogens is 274 g/mol. The molecule has 1 nitrogen and oxygen atoms in total. The van der Waals surface area contributed by atoms with Gasteiger partial charge < -0.3 is 5.32 Å². The van der Waals surface area contributed by atoms with E-state index >= 15 is 0 Å². The molecule has 110 valence electrons. The van der Waals surface area contributed by atoms with E-state index in [2.05, 4.69) is 61.8 Å². The maximum Gasteiger partial charge on any atom is 0.0323 e. The minimum atomic E-state index is 0.548. The van der Waals surface area contributed by atoms with Crippen molar-refractivity contribution in [1.82, 2.24) is 5.32 Å². The van der Waals surface area contributed by atoms with Crippen molar-refractivity contribution in [3.63, 3.8) is 0 Å². The maximum atomic E-state index is 3.41. The van der Waals surface area contributed by atoms with Gasteiger partial charge in [0, 0.05) is 15.8 Å². The van der Waals surface area contributed by atoms with Crippen LogP contribution in [-0.4, -0.2) is 7.05 Å². The minimum Gasteiger partial charge on any atom is -0.313 e. The zero-order chi connectivity index (χ0) is 14.7. The molecule has 1 atom stereocenters. The summed E-state index contributed by atoms with van der Waals surface area (Å²) >= 11 is 1.91. The van der Waals surface area contributed by atoms with Crippen molar-refractivity contribution in [3.8, 4) is 0 Å². The molecule has 21 heavy (non-hydrogen) atoms. The Morgan fingerprint density at radius 3 is 2.86 bits per heavy atom. The van der Waals surface area contributed by atoms with Gasteiger partial charge in [-0.25, -0.2) is 0 Å². The van der Waals surface area contributed by atoms with Gasteiger partial charge in [-0.05, 0) is 61.2 Å². The van der Waals surface area contributed by atoms with E-state index in [0.717, 1.165) is 6.42 Å². The van der Waals surface area contributed by atoms with Crippen molar-refractivity contribution in [2.24, 2.45) is 0 Å². The van der Waals surface area contributed by atoms with Crippen LogP contribution in [0.1, 0.15) is 42.5 Å². The number of nitrogens with one attached hydrogen (secondary N) is 1. The molecule has 0 aromatic heterocycles. The molecule has 0 saturated carbocycles. The van der Waals surface area contributed by atoms with E-state index in [1.807, 2.05) is 11.8 Å². The number of rotatable bonds is 5. The van der Waals surface area contributed by atoms with Gasteiger partial charge in [-0.1, -0.05) is 49.4 Å². The molecule has 2 aromatic carbocycles. The van der Waals surface area contributed by atoms with Crippen molar-refractivity contribution in [3.05, 3.63) is 59.2 Å². The predicted octanol–water partition coefficient (Wildman–Crippen LogP) is 5.00. The fourth-order valence-electron chi connectivity index (χ4n) is 3.16. The molecule has 0 heterocycles. The molecule has 0 bridgehead atoms. The second kappa shape index (κ2) is 6.67. The topological polar surface area (TPSA) is 12.0 Å². The van der Waals surface area contributed by atoms with Gasteiger partial charge in [0.2, 0.25) is 0 Å². The van der Waals surface area contributed by atoms with Crippen LogP contribution in [0.5, 0.6) is 0 Å². The Bertz CT molecular complexity index is 621. The van der Waals surface area contributed by atoms with Crippen molar-refractivity contribution < 1.29 is 0 Å². The smallest absolute Gasteiger partial charge is 0.0323 e. The Balaban J connectivity index is 1.83. The Morgan fingerprint density at radius 1 is 1.19 bits per heavy atom. The van der Waals surface area contributed by atoms with E-state index < -0.39 is 0 Å². The Morgan fingerprint density at radius 2 is 2.05 bits per heavy atom. The molecule has 0 spiro atoms. The maximum absolute atomic E-state index is 3.41. The molecule has 1 N–H and O–H groups in total. The first-order chi connectivity index (χ1) is 10.3. The summed E-state index contributed by atoms with van der Waals surface area (Å²) in [5.41, 5.74) is 4.48. The quantitative estimate of drug-likeness (QED) is 0.833. The molecule has 1 unspecified atom stereocenters. The van der Waals surface area contributed by atoms with E-state index in [4.69, 9.17) is 0 Å². The fourth-order valence-corrected chi connectivity index (χ4v) is 4.20. The van der Waals surface area contributed by atoms with E-state index in [9.17, 15) is 0 Å².